The highest BCUT2D eigenvalue weighted by atomic mass is 16.5. The molecule has 1 N–H and O–H groups in total. The van der Waals surface area contributed by atoms with E-state index in [9.17, 15) is 14.4 Å². The summed E-state index contributed by atoms with van der Waals surface area (Å²) in [5, 5.41) is 2.87. The topological polar surface area (TPSA) is 136 Å². The summed E-state index contributed by atoms with van der Waals surface area (Å²) in [6.07, 6.45) is 7.85. The molecule has 3 heterocycles. The minimum atomic E-state index is -0.169. The molecule has 2 amide bonds. The number of anilines is 1. The molecule has 2 aliphatic rings. The van der Waals surface area contributed by atoms with Gasteiger partial charge in [0.1, 0.15) is 0 Å². The highest BCUT2D eigenvalue weighted by Gasteiger charge is 2.31. The van der Waals surface area contributed by atoms with Crippen LogP contribution in [-0.2, 0) is 27.9 Å². The predicted octanol–water partition coefficient (Wildman–Crippen LogP) is 4.69. The van der Waals surface area contributed by atoms with Gasteiger partial charge in [0, 0.05) is 44.9 Å². The molecule has 0 unspecified atom stereocenters. The summed E-state index contributed by atoms with van der Waals surface area (Å²) >= 11 is 0. The number of nitrogens with one attached hydrogen (secondary N) is 1. The van der Waals surface area contributed by atoms with E-state index < -0.39 is 0 Å². The number of carbonyl (C=O) groups is 3. The van der Waals surface area contributed by atoms with Gasteiger partial charge in [-0.05, 0) is 50.3 Å². The Balaban J connectivity index is 0.00000141. The number of methoxy groups -OCH3 is 1. The lowest BCUT2D eigenvalue weighted by Gasteiger charge is -2.32. The molecule has 1 saturated heterocycles. The normalized spacial score (nSPS) is 15.1. The number of nitrogens with zero attached hydrogens (tertiary/aromatic N) is 3. The number of rotatable bonds is 10. The summed E-state index contributed by atoms with van der Waals surface area (Å²) in [5.74, 6) is 0.722. The van der Waals surface area contributed by atoms with E-state index in [0.29, 0.717) is 47.0 Å². The third kappa shape index (κ3) is 7.87. The SMILES string of the molecule is COc1cc2c(cc1OCCCC(=O)Nc1cc(C(=O)Cc3ccc(C)cc3)n(C)c1)N=C[C@@H]1CCCCN1C2=O.O=C=O. The summed E-state index contributed by atoms with van der Waals surface area (Å²) in [6.45, 7) is 3.02. The molecular weight excluding hydrogens is 564 g/mol. The van der Waals surface area contributed by atoms with Crippen molar-refractivity contribution >= 4 is 41.3 Å². The van der Waals surface area contributed by atoms with Crippen molar-refractivity contribution in [1.29, 1.82) is 0 Å². The van der Waals surface area contributed by atoms with Gasteiger partial charge in [-0.3, -0.25) is 19.4 Å². The zero-order chi connectivity index (χ0) is 31.6. The van der Waals surface area contributed by atoms with Crippen molar-refractivity contribution in [3.05, 3.63) is 71.0 Å². The Kier molecular flexibility index (Phi) is 10.8. The second-order valence-corrected chi connectivity index (χ2v) is 10.8. The smallest absolute Gasteiger partial charge is 0.373 e. The second kappa shape index (κ2) is 14.9. The number of benzene rings is 2. The zero-order valence-corrected chi connectivity index (χ0v) is 25.1. The van der Waals surface area contributed by atoms with Gasteiger partial charge < -0.3 is 24.3 Å². The molecule has 5 rings (SSSR count). The third-order valence-corrected chi connectivity index (χ3v) is 7.57. The molecule has 0 radical (unpaired) electrons. The lowest BCUT2D eigenvalue weighted by Crippen LogP contribution is -2.43. The number of ketones is 1. The van der Waals surface area contributed by atoms with Gasteiger partial charge in [-0.25, -0.2) is 0 Å². The van der Waals surface area contributed by atoms with Crippen LogP contribution in [0.25, 0.3) is 0 Å². The van der Waals surface area contributed by atoms with Gasteiger partial charge >= 0.3 is 6.15 Å². The Morgan fingerprint density at radius 2 is 1.84 bits per heavy atom. The van der Waals surface area contributed by atoms with Crippen LogP contribution in [0.4, 0.5) is 11.4 Å². The second-order valence-electron chi connectivity index (χ2n) is 10.8. The number of amides is 2. The lowest BCUT2D eigenvalue weighted by atomic mass is 10.0. The number of aryl methyl sites for hydroxylation is 2. The predicted molar refractivity (Wildman–Crippen MR) is 163 cm³/mol. The molecule has 1 fully saturated rings. The Hall–Kier alpha value is -5.02. The number of ether oxygens (including phenoxy) is 2. The summed E-state index contributed by atoms with van der Waals surface area (Å²) in [4.78, 5) is 61.3. The maximum atomic E-state index is 13.2. The van der Waals surface area contributed by atoms with Gasteiger partial charge in [0.25, 0.3) is 5.91 Å². The van der Waals surface area contributed by atoms with Crippen molar-refractivity contribution in [1.82, 2.24) is 9.47 Å². The van der Waals surface area contributed by atoms with E-state index in [1.54, 1.807) is 36.0 Å². The maximum absolute atomic E-state index is 13.2. The monoisotopic (exact) mass is 600 g/mol. The highest BCUT2D eigenvalue weighted by molar-refractivity contribution is 6.03. The fourth-order valence-electron chi connectivity index (χ4n) is 5.32. The van der Waals surface area contributed by atoms with Gasteiger partial charge in [0.2, 0.25) is 5.91 Å². The molecule has 0 bridgehead atoms. The Morgan fingerprint density at radius 1 is 1.09 bits per heavy atom. The van der Waals surface area contributed by atoms with Crippen molar-refractivity contribution in [2.75, 3.05) is 25.6 Å². The molecular formula is C33H36N4O7. The number of aromatic nitrogens is 1. The fraction of sp³-hybridized carbons (Fsp3) is 0.364. The first kappa shape index (κ1) is 31.9. The van der Waals surface area contributed by atoms with Crippen LogP contribution in [0.1, 0.15) is 64.1 Å². The number of carbonyl (C=O) groups excluding carboxylic acids is 5. The zero-order valence-electron chi connectivity index (χ0n) is 25.1. The van der Waals surface area contributed by atoms with E-state index in [-0.39, 0.29) is 42.8 Å². The van der Waals surface area contributed by atoms with Crippen LogP contribution < -0.4 is 14.8 Å². The summed E-state index contributed by atoms with van der Waals surface area (Å²) in [6, 6.07) is 13.1. The van der Waals surface area contributed by atoms with Gasteiger partial charge in [0.15, 0.2) is 17.3 Å². The maximum Gasteiger partial charge on any atom is 0.373 e. The minimum absolute atomic E-state index is 0.0121. The number of piperidine rings is 1. The molecule has 1 aromatic heterocycles. The number of aliphatic imine (C=N–C) groups is 1. The number of fused-ring (bicyclic) bond motifs is 2. The molecule has 11 nitrogen and oxygen atoms in total. The summed E-state index contributed by atoms with van der Waals surface area (Å²) < 4.78 is 13.2. The molecule has 1 atom stereocenters. The third-order valence-electron chi connectivity index (χ3n) is 7.57. The van der Waals surface area contributed by atoms with Crippen LogP contribution in [0.15, 0.2) is 53.7 Å². The van der Waals surface area contributed by atoms with Crippen molar-refractivity contribution in [2.24, 2.45) is 12.0 Å². The van der Waals surface area contributed by atoms with Gasteiger partial charge in [-0.2, -0.15) is 9.59 Å². The number of Topliss-reactive ketones (excluding diaryl/α,β-unsaturated/α-hetero) is 1. The van der Waals surface area contributed by atoms with Gasteiger partial charge in [-0.15, -0.1) is 0 Å². The molecule has 0 saturated carbocycles. The molecule has 11 heteroatoms. The standard InChI is InChI=1S/C32H36N4O5.CO2/c1-21-9-11-22(12-10-21)15-28(37)27-16-23(20-35(27)2)34-31(38)8-6-14-41-30-18-26-25(17-29(30)40-3)32(39)36-13-5-4-7-24(36)19-33-26;2-1-3/h9-12,16-20,24H,4-8,13-15H2,1-3H3,(H,34,38);/t24-;/m0./s1. The van der Waals surface area contributed by atoms with Crippen LogP contribution >= 0.6 is 0 Å². The van der Waals surface area contributed by atoms with E-state index in [1.165, 1.54) is 7.11 Å². The fourth-order valence-corrected chi connectivity index (χ4v) is 5.32. The van der Waals surface area contributed by atoms with Crippen molar-refractivity contribution < 1.29 is 33.4 Å². The minimum Gasteiger partial charge on any atom is -0.493 e. The Labute approximate surface area is 255 Å². The van der Waals surface area contributed by atoms with E-state index in [1.807, 2.05) is 42.3 Å². The Bertz CT molecular complexity index is 1570. The van der Waals surface area contributed by atoms with Crippen LogP contribution in [0.3, 0.4) is 0 Å². The van der Waals surface area contributed by atoms with Crippen molar-refractivity contribution in [3.63, 3.8) is 0 Å². The largest absolute Gasteiger partial charge is 0.493 e. The molecule has 3 aromatic rings. The molecule has 0 spiro atoms. The molecule has 230 valence electrons. The van der Waals surface area contributed by atoms with E-state index >= 15 is 0 Å². The number of hydrogen-bond acceptors (Lipinski definition) is 8. The van der Waals surface area contributed by atoms with Gasteiger partial charge in [0.05, 0.1) is 42.4 Å². The van der Waals surface area contributed by atoms with E-state index in [4.69, 9.17) is 19.1 Å². The van der Waals surface area contributed by atoms with Crippen LogP contribution in [0.2, 0.25) is 0 Å². The number of hydrogen-bond donors (Lipinski definition) is 1. The van der Waals surface area contributed by atoms with Crippen molar-refractivity contribution in [2.45, 2.75) is 51.5 Å². The summed E-state index contributed by atoms with van der Waals surface area (Å²) in [7, 11) is 3.33. The van der Waals surface area contributed by atoms with Crippen molar-refractivity contribution in [3.8, 4) is 11.5 Å². The van der Waals surface area contributed by atoms with Gasteiger partial charge in [-0.1, -0.05) is 29.8 Å². The van der Waals surface area contributed by atoms with E-state index in [2.05, 4.69) is 10.3 Å². The molecule has 0 aliphatic carbocycles. The quantitative estimate of drug-likeness (QED) is 0.263. The van der Waals surface area contributed by atoms with Crippen LogP contribution in [-0.4, -0.2) is 65.7 Å². The molecule has 2 aromatic carbocycles. The first-order chi connectivity index (χ1) is 21.2. The Morgan fingerprint density at radius 3 is 2.57 bits per heavy atom. The molecule has 44 heavy (non-hydrogen) atoms. The molecule has 2 aliphatic heterocycles. The van der Waals surface area contributed by atoms with E-state index in [0.717, 1.165) is 36.9 Å². The van der Waals surface area contributed by atoms with Crippen LogP contribution in [0, 0.1) is 6.92 Å². The first-order valence-corrected chi connectivity index (χ1v) is 14.5. The van der Waals surface area contributed by atoms with Crippen LogP contribution in [0.5, 0.6) is 11.5 Å². The first-order valence-electron chi connectivity index (χ1n) is 14.5. The lowest BCUT2D eigenvalue weighted by molar-refractivity contribution is -0.191. The average molecular weight is 601 g/mol. The average Bonchev–Trinajstić information content (AvgIpc) is 3.32. The highest BCUT2D eigenvalue weighted by Crippen LogP contribution is 2.38. The summed E-state index contributed by atoms with van der Waals surface area (Å²) in [5.41, 5.74) is 4.29.